The average molecular weight is 421 g/mol. The molecule has 0 saturated heterocycles. The third kappa shape index (κ3) is 4.81. The number of benzene rings is 2. The molecule has 5 nitrogen and oxygen atoms in total. The van der Waals surface area contributed by atoms with Crippen LogP contribution in [0.4, 0.5) is 0 Å². The number of carbonyl (C=O) groups excluding carboxylic acids is 1. The van der Waals surface area contributed by atoms with Gasteiger partial charge in [-0.1, -0.05) is 59.4 Å². The zero-order valence-electron chi connectivity index (χ0n) is 16.2. The zero-order valence-corrected chi connectivity index (χ0v) is 17.8. The van der Waals surface area contributed by atoms with Crippen molar-refractivity contribution in [3.05, 3.63) is 76.3 Å². The summed E-state index contributed by atoms with van der Waals surface area (Å²) < 4.78 is 0.816. The van der Waals surface area contributed by atoms with Crippen LogP contribution in [0.2, 0.25) is 0 Å². The van der Waals surface area contributed by atoms with Gasteiger partial charge in [0.2, 0.25) is 0 Å². The van der Waals surface area contributed by atoms with Crippen LogP contribution in [0.5, 0.6) is 0 Å². The summed E-state index contributed by atoms with van der Waals surface area (Å²) in [7, 11) is 0. The SMILES string of the molecule is Cc1cccc(CCNC(=O)c2cc(Sc3nnc(C)s3)nc3ccccc23)c1. The summed E-state index contributed by atoms with van der Waals surface area (Å²) in [5, 5.41) is 13.7. The van der Waals surface area contributed by atoms with Crippen LogP contribution in [0.25, 0.3) is 10.9 Å². The predicted octanol–water partition coefficient (Wildman–Crippen LogP) is 4.83. The van der Waals surface area contributed by atoms with E-state index in [1.165, 1.54) is 34.2 Å². The average Bonchev–Trinajstić information content (AvgIpc) is 3.12. The van der Waals surface area contributed by atoms with Crippen LogP contribution in [-0.4, -0.2) is 27.6 Å². The fraction of sp³-hybridized carbons (Fsp3) is 0.182. The number of fused-ring (bicyclic) bond motifs is 1. The Bertz CT molecular complexity index is 1170. The van der Waals surface area contributed by atoms with Gasteiger partial charge in [-0.3, -0.25) is 4.79 Å². The Morgan fingerprint density at radius 2 is 1.93 bits per heavy atom. The summed E-state index contributed by atoms with van der Waals surface area (Å²) in [5.41, 5.74) is 3.86. The number of para-hydroxylation sites is 1. The van der Waals surface area contributed by atoms with Crippen molar-refractivity contribution in [2.45, 2.75) is 29.6 Å². The second-order valence-corrected chi connectivity index (χ2v) is 9.16. The molecule has 0 bridgehead atoms. The second kappa shape index (κ2) is 8.71. The minimum atomic E-state index is -0.0912. The van der Waals surface area contributed by atoms with E-state index in [0.29, 0.717) is 12.1 Å². The van der Waals surface area contributed by atoms with E-state index in [9.17, 15) is 4.79 Å². The van der Waals surface area contributed by atoms with Crippen LogP contribution in [0.15, 0.2) is 64.0 Å². The van der Waals surface area contributed by atoms with Crippen molar-refractivity contribution in [3.8, 4) is 0 Å². The monoisotopic (exact) mass is 420 g/mol. The molecule has 2 aromatic carbocycles. The zero-order chi connectivity index (χ0) is 20.2. The van der Waals surface area contributed by atoms with Gasteiger partial charge in [-0.2, -0.15) is 0 Å². The number of amides is 1. The lowest BCUT2D eigenvalue weighted by molar-refractivity contribution is 0.0955. The van der Waals surface area contributed by atoms with E-state index < -0.39 is 0 Å². The van der Waals surface area contributed by atoms with Crippen molar-refractivity contribution in [1.29, 1.82) is 0 Å². The van der Waals surface area contributed by atoms with E-state index in [1.807, 2.05) is 43.3 Å². The summed E-state index contributed by atoms with van der Waals surface area (Å²) in [6.07, 6.45) is 0.794. The molecule has 0 radical (unpaired) electrons. The van der Waals surface area contributed by atoms with Crippen LogP contribution in [0, 0.1) is 13.8 Å². The summed E-state index contributed by atoms with van der Waals surface area (Å²) in [6, 6.07) is 17.9. The first-order valence-electron chi connectivity index (χ1n) is 9.30. The number of hydrogen-bond acceptors (Lipinski definition) is 6. The molecule has 7 heteroatoms. The van der Waals surface area contributed by atoms with Gasteiger partial charge in [0.1, 0.15) is 10.0 Å². The van der Waals surface area contributed by atoms with E-state index in [4.69, 9.17) is 0 Å². The molecule has 0 fully saturated rings. The first kappa shape index (κ1) is 19.5. The number of nitrogens with zero attached hydrogens (tertiary/aromatic N) is 3. The molecule has 0 aliphatic rings. The molecule has 0 spiro atoms. The standard InChI is InChI=1S/C22H20N4OS2/c1-14-6-5-7-16(12-14)10-11-23-21(27)18-13-20(29-22-26-25-15(2)28-22)24-19-9-4-3-8-17(18)19/h3-9,12-13H,10-11H2,1-2H3,(H,23,27). The van der Waals surface area contributed by atoms with Crippen LogP contribution in [0.3, 0.4) is 0 Å². The number of nitrogens with one attached hydrogen (secondary N) is 1. The van der Waals surface area contributed by atoms with Crippen molar-refractivity contribution < 1.29 is 4.79 Å². The van der Waals surface area contributed by atoms with E-state index in [0.717, 1.165) is 31.7 Å². The normalized spacial score (nSPS) is 11.0. The topological polar surface area (TPSA) is 67.8 Å². The number of rotatable bonds is 6. The summed E-state index contributed by atoms with van der Waals surface area (Å²) >= 11 is 2.95. The van der Waals surface area contributed by atoms with Gasteiger partial charge in [-0.15, -0.1) is 10.2 Å². The Hall–Kier alpha value is -2.77. The summed E-state index contributed by atoms with van der Waals surface area (Å²) in [4.78, 5) is 17.6. The number of aryl methyl sites for hydroxylation is 2. The van der Waals surface area contributed by atoms with Crippen molar-refractivity contribution in [3.63, 3.8) is 0 Å². The molecule has 2 aromatic heterocycles. The molecule has 29 heavy (non-hydrogen) atoms. The van der Waals surface area contributed by atoms with E-state index in [-0.39, 0.29) is 5.91 Å². The predicted molar refractivity (Wildman–Crippen MR) is 118 cm³/mol. The number of carbonyl (C=O) groups is 1. The Kier molecular flexibility index (Phi) is 5.87. The van der Waals surface area contributed by atoms with Gasteiger partial charge in [0.25, 0.3) is 5.91 Å². The molecule has 0 unspecified atom stereocenters. The molecular formula is C22H20N4OS2. The highest BCUT2D eigenvalue weighted by Crippen LogP contribution is 2.31. The second-order valence-electron chi connectivity index (χ2n) is 6.71. The maximum atomic E-state index is 13.0. The highest BCUT2D eigenvalue weighted by Gasteiger charge is 2.14. The third-order valence-electron chi connectivity index (χ3n) is 4.42. The van der Waals surface area contributed by atoms with Crippen LogP contribution < -0.4 is 5.32 Å². The highest BCUT2D eigenvalue weighted by atomic mass is 32.2. The van der Waals surface area contributed by atoms with Gasteiger partial charge in [-0.05, 0) is 49.7 Å². The van der Waals surface area contributed by atoms with Crippen molar-refractivity contribution in [2.24, 2.45) is 0 Å². The van der Waals surface area contributed by atoms with Crippen molar-refractivity contribution >= 4 is 39.9 Å². The molecule has 0 atom stereocenters. The maximum absolute atomic E-state index is 13.0. The largest absolute Gasteiger partial charge is 0.352 e. The first-order valence-corrected chi connectivity index (χ1v) is 10.9. The number of hydrogen-bond donors (Lipinski definition) is 1. The maximum Gasteiger partial charge on any atom is 0.252 e. The molecule has 1 amide bonds. The number of aromatic nitrogens is 3. The molecule has 1 N–H and O–H groups in total. The molecular weight excluding hydrogens is 400 g/mol. The first-order chi connectivity index (χ1) is 14.1. The van der Waals surface area contributed by atoms with Gasteiger partial charge in [0.05, 0.1) is 11.1 Å². The minimum absolute atomic E-state index is 0.0912. The fourth-order valence-electron chi connectivity index (χ4n) is 3.08. The Balaban J connectivity index is 1.55. The Morgan fingerprint density at radius 3 is 2.72 bits per heavy atom. The molecule has 0 saturated carbocycles. The lowest BCUT2D eigenvalue weighted by Gasteiger charge is -2.10. The molecule has 0 aliphatic carbocycles. The third-order valence-corrected chi connectivity index (χ3v) is 6.23. The smallest absolute Gasteiger partial charge is 0.252 e. The highest BCUT2D eigenvalue weighted by molar-refractivity contribution is 8.01. The van der Waals surface area contributed by atoms with Crippen LogP contribution in [0.1, 0.15) is 26.5 Å². The van der Waals surface area contributed by atoms with Crippen molar-refractivity contribution in [2.75, 3.05) is 6.54 Å². The van der Waals surface area contributed by atoms with E-state index in [2.05, 4.69) is 45.6 Å². The molecule has 0 aliphatic heterocycles. The minimum Gasteiger partial charge on any atom is -0.352 e. The van der Waals surface area contributed by atoms with Crippen molar-refractivity contribution in [1.82, 2.24) is 20.5 Å². The molecule has 146 valence electrons. The van der Waals surface area contributed by atoms with Gasteiger partial charge in [-0.25, -0.2) is 4.98 Å². The Morgan fingerprint density at radius 1 is 1.07 bits per heavy atom. The molecule has 4 rings (SSSR count). The quantitative estimate of drug-likeness (QED) is 0.484. The van der Waals surface area contributed by atoms with E-state index in [1.54, 1.807) is 0 Å². The summed E-state index contributed by atoms with van der Waals surface area (Å²) in [6.45, 7) is 4.57. The van der Waals surface area contributed by atoms with Gasteiger partial charge in [0, 0.05) is 11.9 Å². The van der Waals surface area contributed by atoms with Gasteiger partial charge >= 0.3 is 0 Å². The lowest BCUT2D eigenvalue weighted by atomic mass is 10.1. The summed E-state index contributed by atoms with van der Waals surface area (Å²) in [5.74, 6) is -0.0912. The van der Waals surface area contributed by atoms with E-state index >= 15 is 0 Å². The lowest BCUT2D eigenvalue weighted by Crippen LogP contribution is -2.26. The fourth-order valence-corrected chi connectivity index (χ4v) is 4.87. The molecule has 4 aromatic rings. The number of pyridine rings is 1. The van der Waals surface area contributed by atoms with Crippen LogP contribution in [-0.2, 0) is 6.42 Å². The molecule has 2 heterocycles. The van der Waals surface area contributed by atoms with Gasteiger partial charge < -0.3 is 5.32 Å². The van der Waals surface area contributed by atoms with Gasteiger partial charge in [0.15, 0.2) is 4.34 Å². The Labute approximate surface area is 177 Å². The van der Waals surface area contributed by atoms with Crippen LogP contribution >= 0.6 is 23.1 Å².